The first-order chi connectivity index (χ1) is 13.4. The highest BCUT2D eigenvalue weighted by atomic mass is 35.5. The van der Waals surface area contributed by atoms with Crippen molar-refractivity contribution in [1.29, 1.82) is 0 Å². The minimum atomic E-state index is -3.04. The van der Waals surface area contributed by atoms with Crippen molar-refractivity contribution >= 4 is 29.1 Å². The molecular formula is C19H19ClF2N2O4. The van der Waals surface area contributed by atoms with E-state index in [9.17, 15) is 18.4 Å². The zero-order chi connectivity index (χ0) is 20.5. The second-order valence-corrected chi connectivity index (χ2v) is 6.10. The molecular weight excluding hydrogens is 394 g/mol. The van der Waals surface area contributed by atoms with Crippen LogP contribution in [0.5, 0.6) is 11.5 Å². The molecule has 0 fully saturated rings. The van der Waals surface area contributed by atoms with Gasteiger partial charge in [0.25, 0.3) is 5.91 Å². The molecule has 0 bridgehead atoms. The molecule has 2 N–H and O–H groups in total. The van der Waals surface area contributed by atoms with Crippen molar-refractivity contribution in [2.24, 2.45) is 0 Å². The second-order valence-electron chi connectivity index (χ2n) is 5.66. The van der Waals surface area contributed by atoms with Crippen LogP contribution >= 0.6 is 11.6 Å². The highest BCUT2D eigenvalue weighted by Gasteiger charge is 2.14. The van der Waals surface area contributed by atoms with Gasteiger partial charge in [-0.05, 0) is 48.9 Å². The van der Waals surface area contributed by atoms with E-state index in [2.05, 4.69) is 15.4 Å². The number of hydrogen-bond donors (Lipinski definition) is 2. The molecule has 28 heavy (non-hydrogen) atoms. The molecule has 0 atom stereocenters. The van der Waals surface area contributed by atoms with Gasteiger partial charge in [-0.2, -0.15) is 8.78 Å². The number of nitrogens with one attached hydrogen (secondary N) is 2. The van der Waals surface area contributed by atoms with Crippen LogP contribution in [-0.4, -0.2) is 32.1 Å². The fourth-order valence-corrected chi connectivity index (χ4v) is 2.44. The number of halogens is 3. The van der Waals surface area contributed by atoms with Gasteiger partial charge in [-0.15, -0.1) is 0 Å². The molecule has 9 heteroatoms. The molecule has 0 aliphatic rings. The van der Waals surface area contributed by atoms with E-state index in [0.29, 0.717) is 17.1 Å². The normalized spacial score (nSPS) is 10.5. The van der Waals surface area contributed by atoms with E-state index < -0.39 is 12.5 Å². The molecule has 0 saturated carbocycles. The van der Waals surface area contributed by atoms with E-state index in [1.54, 1.807) is 24.3 Å². The average Bonchev–Trinajstić information content (AvgIpc) is 2.66. The topological polar surface area (TPSA) is 76.7 Å². The molecule has 0 heterocycles. The number of rotatable bonds is 9. The first kappa shape index (κ1) is 21.4. The predicted molar refractivity (Wildman–Crippen MR) is 101 cm³/mol. The van der Waals surface area contributed by atoms with E-state index in [1.165, 1.54) is 25.3 Å². The van der Waals surface area contributed by atoms with E-state index in [0.717, 1.165) is 0 Å². The van der Waals surface area contributed by atoms with Crippen LogP contribution in [0.2, 0.25) is 5.02 Å². The number of amides is 2. The molecule has 0 spiro atoms. The van der Waals surface area contributed by atoms with Gasteiger partial charge < -0.3 is 20.1 Å². The second kappa shape index (κ2) is 10.5. The van der Waals surface area contributed by atoms with E-state index in [1.807, 2.05) is 0 Å². The summed E-state index contributed by atoms with van der Waals surface area (Å²) >= 11 is 5.78. The van der Waals surface area contributed by atoms with Crippen LogP contribution in [0.25, 0.3) is 0 Å². The van der Waals surface area contributed by atoms with Crippen LogP contribution in [0.4, 0.5) is 14.5 Å². The zero-order valence-electron chi connectivity index (χ0n) is 15.0. The van der Waals surface area contributed by atoms with Gasteiger partial charge in [-0.1, -0.05) is 11.6 Å². The van der Waals surface area contributed by atoms with Crippen molar-refractivity contribution in [1.82, 2.24) is 5.32 Å². The molecule has 0 saturated heterocycles. The lowest BCUT2D eigenvalue weighted by atomic mass is 10.2. The molecule has 2 amide bonds. The number of methoxy groups -OCH3 is 1. The van der Waals surface area contributed by atoms with Crippen LogP contribution in [-0.2, 0) is 4.79 Å². The van der Waals surface area contributed by atoms with Gasteiger partial charge in [-0.3, -0.25) is 9.59 Å². The minimum Gasteiger partial charge on any atom is -0.493 e. The molecule has 2 aromatic carbocycles. The molecule has 0 radical (unpaired) electrons. The van der Waals surface area contributed by atoms with Gasteiger partial charge in [0.2, 0.25) is 5.91 Å². The van der Waals surface area contributed by atoms with Gasteiger partial charge in [0.05, 0.1) is 7.11 Å². The summed E-state index contributed by atoms with van der Waals surface area (Å²) in [5.74, 6) is -0.809. The maximum absolute atomic E-state index is 12.4. The van der Waals surface area contributed by atoms with Crippen molar-refractivity contribution in [3.05, 3.63) is 53.1 Å². The highest BCUT2D eigenvalue weighted by Crippen LogP contribution is 2.29. The molecule has 2 aromatic rings. The molecule has 2 rings (SSSR count). The van der Waals surface area contributed by atoms with Crippen molar-refractivity contribution in [3.8, 4) is 11.5 Å². The van der Waals surface area contributed by atoms with Gasteiger partial charge in [0, 0.05) is 29.2 Å². The summed E-state index contributed by atoms with van der Waals surface area (Å²) in [4.78, 5) is 24.0. The minimum absolute atomic E-state index is 0.0933. The smallest absolute Gasteiger partial charge is 0.387 e. The quantitative estimate of drug-likeness (QED) is 0.608. The summed E-state index contributed by atoms with van der Waals surface area (Å²) < 4.78 is 34.2. The lowest BCUT2D eigenvalue weighted by Gasteiger charge is -2.11. The van der Waals surface area contributed by atoms with Crippen molar-refractivity contribution in [3.63, 3.8) is 0 Å². The Morgan fingerprint density at radius 3 is 2.46 bits per heavy atom. The fraction of sp³-hybridized carbons (Fsp3) is 0.263. The maximum Gasteiger partial charge on any atom is 0.387 e. The summed E-state index contributed by atoms with van der Waals surface area (Å²) in [6, 6.07) is 10.7. The number of ether oxygens (including phenoxy) is 2. The lowest BCUT2D eigenvalue weighted by Crippen LogP contribution is -2.25. The largest absolute Gasteiger partial charge is 0.493 e. The van der Waals surface area contributed by atoms with Gasteiger partial charge in [0.15, 0.2) is 11.5 Å². The average molecular weight is 413 g/mol. The Labute approximate surface area is 165 Å². The van der Waals surface area contributed by atoms with Crippen molar-refractivity contribution < 1.29 is 27.8 Å². The number of anilines is 1. The highest BCUT2D eigenvalue weighted by molar-refractivity contribution is 6.30. The third kappa shape index (κ3) is 6.70. The molecule has 0 unspecified atom stereocenters. The summed E-state index contributed by atoms with van der Waals surface area (Å²) in [7, 11) is 1.31. The predicted octanol–water partition coefficient (Wildman–Crippen LogP) is 4.10. The Hall–Kier alpha value is -2.87. The third-order valence-electron chi connectivity index (χ3n) is 3.64. The number of alkyl halides is 2. The van der Waals surface area contributed by atoms with Gasteiger partial charge in [0.1, 0.15) is 0 Å². The van der Waals surface area contributed by atoms with E-state index in [4.69, 9.17) is 16.3 Å². The first-order valence-corrected chi connectivity index (χ1v) is 8.73. The number of carbonyl (C=O) groups is 2. The van der Waals surface area contributed by atoms with Crippen molar-refractivity contribution in [2.45, 2.75) is 19.5 Å². The summed E-state index contributed by atoms with van der Waals surface area (Å²) in [5, 5.41) is 5.91. The van der Waals surface area contributed by atoms with E-state index >= 15 is 0 Å². The Morgan fingerprint density at radius 2 is 1.82 bits per heavy atom. The number of benzene rings is 2. The summed E-state index contributed by atoms with van der Waals surface area (Å²) in [6.45, 7) is -2.80. The Kier molecular flexibility index (Phi) is 8.01. The van der Waals surface area contributed by atoms with E-state index in [-0.39, 0.29) is 35.9 Å². The monoisotopic (exact) mass is 412 g/mol. The molecule has 0 aliphatic heterocycles. The third-order valence-corrected chi connectivity index (χ3v) is 3.89. The Morgan fingerprint density at radius 1 is 1.11 bits per heavy atom. The standard InChI is InChI=1S/C19H19ClF2N2O4/c1-27-15-9-4-12(11-16(15)28-19(21)22)18(26)23-10-2-3-17(25)24-14-7-5-13(20)6-8-14/h4-9,11,19H,2-3,10H2,1H3,(H,23,26)(H,24,25). The van der Waals surface area contributed by atoms with Crippen LogP contribution in [0.15, 0.2) is 42.5 Å². The summed E-state index contributed by atoms with van der Waals surface area (Å²) in [5.41, 5.74) is 0.769. The Bertz CT molecular complexity index is 816. The zero-order valence-corrected chi connectivity index (χ0v) is 15.8. The molecule has 150 valence electrons. The Balaban J connectivity index is 1.80. The van der Waals surface area contributed by atoms with Crippen LogP contribution in [0.3, 0.4) is 0 Å². The van der Waals surface area contributed by atoms with Crippen molar-refractivity contribution in [2.75, 3.05) is 19.0 Å². The maximum atomic E-state index is 12.4. The molecule has 0 aromatic heterocycles. The fourth-order valence-electron chi connectivity index (χ4n) is 2.32. The van der Waals surface area contributed by atoms with Crippen LogP contribution in [0, 0.1) is 0 Å². The van der Waals surface area contributed by atoms with Crippen LogP contribution in [0.1, 0.15) is 23.2 Å². The SMILES string of the molecule is COc1ccc(C(=O)NCCCC(=O)Nc2ccc(Cl)cc2)cc1OC(F)F. The van der Waals surface area contributed by atoms with Gasteiger partial charge in [-0.25, -0.2) is 0 Å². The van der Waals surface area contributed by atoms with Crippen LogP contribution < -0.4 is 20.1 Å². The molecule has 0 aliphatic carbocycles. The molecule has 6 nitrogen and oxygen atoms in total. The number of hydrogen-bond acceptors (Lipinski definition) is 4. The number of carbonyl (C=O) groups excluding carboxylic acids is 2. The summed E-state index contributed by atoms with van der Waals surface area (Å²) in [6.07, 6.45) is 0.604. The van der Waals surface area contributed by atoms with Gasteiger partial charge >= 0.3 is 6.61 Å². The lowest BCUT2D eigenvalue weighted by molar-refractivity contribution is -0.116. The first-order valence-electron chi connectivity index (χ1n) is 8.35.